The molecule has 2 aromatic heterocycles. The number of piperidine rings is 1. The Morgan fingerprint density at radius 2 is 2.14 bits per heavy atom. The molecule has 0 radical (unpaired) electrons. The first-order valence-corrected chi connectivity index (χ1v) is 6.94. The van der Waals surface area contributed by atoms with Gasteiger partial charge in [0.25, 0.3) is 6.43 Å². The zero-order chi connectivity index (χ0) is 15.9. The fourth-order valence-electron chi connectivity index (χ4n) is 2.82. The van der Waals surface area contributed by atoms with E-state index in [0.29, 0.717) is 25.3 Å². The lowest BCUT2D eigenvalue weighted by Gasteiger charge is -2.35. The molecular formula is C13H15F2N5O2. The van der Waals surface area contributed by atoms with E-state index in [9.17, 15) is 18.7 Å². The van der Waals surface area contributed by atoms with Crippen LogP contribution in [-0.2, 0) is 4.79 Å². The summed E-state index contributed by atoms with van der Waals surface area (Å²) in [4.78, 5) is 13.0. The normalized spacial score (nSPS) is 22.5. The zero-order valence-corrected chi connectivity index (χ0v) is 11.9. The Balaban J connectivity index is 1.95. The van der Waals surface area contributed by atoms with E-state index in [-0.39, 0.29) is 11.6 Å². The monoisotopic (exact) mass is 311 g/mol. The van der Waals surface area contributed by atoms with E-state index in [2.05, 4.69) is 15.3 Å². The number of carbonyl (C=O) groups is 1. The Morgan fingerprint density at radius 1 is 1.36 bits per heavy atom. The zero-order valence-electron chi connectivity index (χ0n) is 11.9. The number of anilines is 1. The van der Waals surface area contributed by atoms with Gasteiger partial charge in [-0.2, -0.15) is 4.52 Å². The summed E-state index contributed by atoms with van der Waals surface area (Å²) < 4.78 is 26.8. The summed E-state index contributed by atoms with van der Waals surface area (Å²) in [5.74, 6) is -1.22. The Hall–Kier alpha value is -2.32. The smallest absolute Gasteiger partial charge is 0.308 e. The van der Waals surface area contributed by atoms with E-state index < -0.39 is 24.1 Å². The highest BCUT2D eigenvalue weighted by atomic mass is 19.3. The Labute approximate surface area is 124 Å². The largest absolute Gasteiger partial charge is 0.481 e. The Bertz CT molecular complexity index is 705. The van der Waals surface area contributed by atoms with Gasteiger partial charge in [0.1, 0.15) is 5.82 Å². The summed E-state index contributed by atoms with van der Waals surface area (Å²) in [7, 11) is 0. The van der Waals surface area contributed by atoms with Crippen molar-refractivity contribution in [3.63, 3.8) is 0 Å². The van der Waals surface area contributed by atoms with Crippen LogP contribution in [0.4, 0.5) is 14.6 Å². The van der Waals surface area contributed by atoms with E-state index in [0.717, 1.165) is 4.52 Å². The molecule has 0 bridgehead atoms. The lowest BCUT2D eigenvalue weighted by molar-refractivity contribution is -0.142. The molecule has 0 aromatic carbocycles. The van der Waals surface area contributed by atoms with Crippen molar-refractivity contribution in [1.82, 2.24) is 19.8 Å². The number of aliphatic carboxylic acids is 1. The van der Waals surface area contributed by atoms with Crippen molar-refractivity contribution in [2.24, 2.45) is 11.8 Å². The topological polar surface area (TPSA) is 83.6 Å². The van der Waals surface area contributed by atoms with Gasteiger partial charge in [0.05, 0.1) is 5.92 Å². The molecule has 0 amide bonds. The van der Waals surface area contributed by atoms with Gasteiger partial charge in [-0.15, -0.1) is 15.3 Å². The third-order valence-electron chi connectivity index (χ3n) is 3.80. The molecule has 0 spiro atoms. The van der Waals surface area contributed by atoms with Gasteiger partial charge in [-0.05, 0) is 24.5 Å². The van der Waals surface area contributed by atoms with Crippen LogP contribution in [0.1, 0.15) is 25.6 Å². The number of nitrogens with zero attached hydrogens (tertiary/aromatic N) is 5. The molecule has 1 N–H and O–H groups in total. The highest BCUT2D eigenvalue weighted by molar-refractivity contribution is 5.71. The first-order valence-electron chi connectivity index (χ1n) is 6.94. The van der Waals surface area contributed by atoms with Crippen LogP contribution in [0.5, 0.6) is 0 Å². The van der Waals surface area contributed by atoms with Crippen LogP contribution in [0.15, 0.2) is 12.1 Å². The van der Waals surface area contributed by atoms with E-state index in [1.807, 2.05) is 11.8 Å². The highest BCUT2D eigenvalue weighted by Gasteiger charge is 2.30. The van der Waals surface area contributed by atoms with Gasteiger partial charge in [0.15, 0.2) is 5.65 Å². The standard InChI is InChI=1S/C13H15F2N5O2/c1-7-4-8(13(21)22)6-19(5-7)10-3-2-9-16-17-12(11(14)15)20(9)18-10/h2-3,7-8,11H,4-6H2,1H3,(H,21,22). The first kappa shape index (κ1) is 14.6. The van der Waals surface area contributed by atoms with Crippen LogP contribution in [0.25, 0.3) is 5.65 Å². The predicted molar refractivity (Wildman–Crippen MR) is 72.9 cm³/mol. The van der Waals surface area contributed by atoms with Gasteiger partial charge >= 0.3 is 5.97 Å². The summed E-state index contributed by atoms with van der Waals surface area (Å²) in [6.45, 7) is 2.91. The lowest BCUT2D eigenvalue weighted by Crippen LogP contribution is -2.43. The summed E-state index contributed by atoms with van der Waals surface area (Å²) in [6.07, 6.45) is -2.17. The Kier molecular flexibility index (Phi) is 3.63. The van der Waals surface area contributed by atoms with Gasteiger partial charge in [-0.1, -0.05) is 6.92 Å². The summed E-state index contributed by atoms with van der Waals surface area (Å²) in [5.41, 5.74) is 0.235. The maximum Gasteiger partial charge on any atom is 0.308 e. The van der Waals surface area contributed by atoms with Crippen LogP contribution in [-0.4, -0.2) is 44.0 Å². The quantitative estimate of drug-likeness (QED) is 0.927. The third kappa shape index (κ3) is 2.58. The van der Waals surface area contributed by atoms with E-state index >= 15 is 0 Å². The molecule has 0 aliphatic carbocycles. The number of carboxylic acid groups (broad SMARTS) is 1. The number of carboxylic acids is 1. The summed E-state index contributed by atoms with van der Waals surface area (Å²) in [5, 5.41) is 20.4. The van der Waals surface area contributed by atoms with Crippen molar-refractivity contribution in [3.8, 4) is 0 Å². The average molecular weight is 311 g/mol. The third-order valence-corrected chi connectivity index (χ3v) is 3.80. The van der Waals surface area contributed by atoms with E-state index in [4.69, 9.17) is 0 Å². The summed E-state index contributed by atoms with van der Waals surface area (Å²) in [6, 6.07) is 3.20. The molecule has 22 heavy (non-hydrogen) atoms. The van der Waals surface area contributed by atoms with Crippen LogP contribution in [0.2, 0.25) is 0 Å². The predicted octanol–water partition coefficient (Wildman–Crippen LogP) is 1.61. The molecule has 3 rings (SSSR count). The lowest BCUT2D eigenvalue weighted by atomic mass is 9.90. The molecule has 3 heterocycles. The van der Waals surface area contributed by atoms with Crippen LogP contribution in [0.3, 0.4) is 0 Å². The van der Waals surface area contributed by atoms with Crippen LogP contribution in [0, 0.1) is 11.8 Å². The number of hydrogen-bond acceptors (Lipinski definition) is 5. The highest BCUT2D eigenvalue weighted by Crippen LogP contribution is 2.26. The second-order valence-electron chi connectivity index (χ2n) is 5.60. The minimum atomic E-state index is -2.77. The SMILES string of the molecule is CC1CC(C(=O)O)CN(c2ccc3nnc(C(F)F)n3n2)C1. The molecule has 9 heteroatoms. The minimum absolute atomic E-state index is 0.183. The average Bonchev–Trinajstić information content (AvgIpc) is 2.89. The van der Waals surface area contributed by atoms with Gasteiger partial charge in [-0.25, -0.2) is 8.78 Å². The number of hydrogen-bond donors (Lipinski definition) is 1. The fraction of sp³-hybridized carbons (Fsp3) is 0.538. The van der Waals surface area contributed by atoms with Crippen molar-refractivity contribution in [3.05, 3.63) is 18.0 Å². The van der Waals surface area contributed by atoms with Gasteiger partial charge < -0.3 is 10.0 Å². The van der Waals surface area contributed by atoms with Crippen molar-refractivity contribution < 1.29 is 18.7 Å². The number of aromatic nitrogens is 4. The molecule has 0 saturated carbocycles. The molecule has 1 saturated heterocycles. The second-order valence-corrected chi connectivity index (χ2v) is 5.60. The molecule has 118 valence electrons. The van der Waals surface area contributed by atoms with Gasteiger partial charge in [-0.3, -0.25) is 4.79 Å². The number of halogens is 2. The molecule has 7 nitrogen and oxygen atoms in total. The number of rotatable bonds is 3. The maximum atomic E-state index is 12.9. The van der Waals surface area contributed by atoms with E-state index in [1.54, 1.807) is 12.1 Å². The molecular weight excluding hydrogens is 296 g/mol. The van der Waals surface area contributed by atoms with Crippen LogP contribution < -0.4 is 4.90 Å². The maximum absolute atomic E-state index is 12.9. The van der Waals surface area contributed by atoms with Gasteiger partial charge in [0.2, 0.25) is 5.82 Å². The minimum Gasteiger partial charge on any atom is -0.481 e. The molecule has 1 fully saturated rings. The fourth-order valence-corrected chi connectivity index (χ4v) is 2.82. The molecule has 2 unspecified atom stereocenters. The second kappa shape index (κ2) is 5.47. The number of fused-ring (bicyclic) bond motifs is 1. The van der Waals surface area contributed by atoms with Crippen molar-refractivity contribution in [2.75, 3.05) is 18.0 Å². The Morgan fingerprint density at radius 3 is 2.82 bits per heavy atom. The first-order chi connectivity index (χ1) is 10.5. The summed E-state index contributed by atoms with van der Waals surface area (Å²) >= 11 is 0. The van der Waals surface area contributed by atoms with Crippen molar-refractivity contribution >= 4 is 17.4 Å². The van der Waals surface area contributed by atoms with Crippen molar-refractivity contribution in [2.45, 2.75) is 19.8 Å². The van der Waals surface area contributed by atoms with Gasteiger partial charge in [0, 0.05) is 13.1 Å². The number of alkyl halides is 2. The van der Waals surface area contributed by atoms with Crippen molar-refractivity contribution in [1.29, 1.82) is 0 Å². The molecule has 2 aromatic rings. The molecule has 2 atom stereocenters. The van der Waals surface area contributed by atoms with E-state index in [1.165, 1.54) is 0 Å². The molecule has 1 aliphatic rings. The van der Waals surface area contributed by atoms with Crippen LogP contribution >= 0.6 is 0 Å². The molecule has 1 aliphatic heterocycles.